The van der Waals surface area contributed by atoms with Crippen LogP contribution in [0.4, 0.5) is 5.69 Å². The first kappa shape index (κ1) is 12.5. The Morgan fingerprint density at radius 2 is 2.11 bits per heavy atom. The fraction of sp³-hybridized carbons (Fsp3) is 0.133. The normalized spacial score (nSPS) is 12.5. The van der Waals surface area contributed by atoms with Gasteiger partial charge in [-0.3, -0.25) is 4.98 Å². The molecule has 4 heteroatoms. The predicted octanol–water partition coefficient (Wildman–Crippen LogP) is 5.12. The summed E-state index contributed by atoms with van der Waals surface area (Å²) in [5, 5.41) is 7.36. The summed E-state index contributed by atoms with van der Waals surface area (Å²) in [5.41, 5.74) is 1.90. The van der Waals surface area contributed by atoms with Gasteiger partial charge in [0.2, 0.25) is 0 Å². The van der Waals surface area contributed by atoms with E-state index in [1.165, 1.54) is 4.88 Å². The van der Waals surface area contributed by atoms with Crippen LogP contribution in [0.15, 0.2) is 48.0 Å². The summed E-state index contributed by atoms with van der Waals surface area (Å²) in [6, 6.07) is 12.3. The maximum atomic E-state index is 6.18. The average Bonchev–Trinajstić information content (AvgIpc) is 2.96. The van der Waals surface area contributed by atoms with Gasteiger partial charge in [0.15, 0.2) is 0 Å². The third kappa shape index (κ3) is 2.44. The molecular weight excluding hydrogens is 276 g/mol. The molecule has 0 aliphatic carbocycles. The molecule has 3 aromatic rings. The van der Waals surface area contributed by atoms with E-state index >= 15 is 0 Å². The zero-order valence-corrected chi connectivity index (χ0v) is 12.0. The molecule has 1 unspecified atom stereocenters. The SMILES string of the molecule is CC(Nc1ccc(Cl)c2ncccc12)c1cccs1. The molecule has 1 N–H and O–H groups in total. The van der Waals surface area contributed by atoms with Crippen molar-refractivity contribution in [2.75, 3.05) is 5.32 Å². The number of hydrogen-bond acceptors (Lipinski definition) is 3. The highest BCUT2D eigenvalue weighted by Crippen LogP contribution is 2.31. The Bertz CT molecular complexity index is 694. The Morgan fingerprint density at radius 3 is 2.89 bits per heavy atom. The van der Waals surface area contributed by atoms with Gasteiger partial charge in [0.05, 0.1) is 16.6 Å². The summed E-state index contributed by atoms with van der Waals surface area (Å²) in [4.78, 5) is 5.65. The van der Waals surface area contributed by atoms with Crippen LogP contribution in [0.3, 0.4) is 0 Å². The van der Waals surface area contributed by atoms with Gasteiger partial charge in [-0.1, -0.05) is 17.7 Å². The minimum atomic E-state index is 0.268. The molecule has 96 valence electrons. The Labute approximate surface area is 121 Å². The van der Waals surface area contributed by atoms with Gasteiger partial charge in [0.1, 0.15) is 0 Å². The van der Waals surface area contributed by atoms with E-state index in [1.54, 1.807) is 17.5 Å². The highest BCUT2D eigenvalue weighted by atomic mass is 35.5. The summed E-state index contributed by atoms with van der Waals surface area (Å²) < 4.78 is 0. The van der Waals surface area contributed by atoms with Crippen LogP contribution in [0.1, 0.15) is 17.8 Å². The number of hydrogen-bond donors (Lipinski definition) is 1. The summed E-state index contributed by atoms with van der Waals surface area (Å²) in [7, 11) is 0. The van der Waals surface area contributed by atoms with Crippen molar-refractivity contribution in [3.8, 4) is 0 Å². The molecular formula is C15H13ClN2S. The molecule has 0 fully saturated rings. The minimum Gasteiger partial charge on any atom is -0.377 e. The molecule has 0 saturated carbocycles. The van der Waals surface area contributed by atoms with Crippen LogP contribution in [0.2, 0.25) is 5.02 Å². The molecule has 0 saturated heterocycles. The summed E-state index contributed by atoms with van der Waals surface area (Å²) in [5.74, 6) is 0. The first-order valence-corrected chi connectivity index (χ1v) is 7.34. The molecule has 3 rings (SSSR count). The molecule has 1 atom stereocenters. The van der Waals surface area contributed by atoms with Crippen molar-refractivity contribution in [3.05, 3.63) is 57.9 Å². The number of anilines is 1. The van der Waals surface area contributed by atoms with Crippen LogP contribution in [-0.2, 0) is 0 Å². The molecule has 0 amide bonds. The number of pyridine rings is 1. The number of halogens is 1. The third-order valence-corrected chi connectivity index (χ3v) is 4.42. The third-order valence-electron chi connectivity index (χ3n) is 3.06. The van der Waals surface area contributed by atoms with Crippen LogP contribution in [-0.4, -0.2) is 4.98 Å². The minimum absolute atomic E-state index is 0.268. The maximum absolute atomic E-state index is 6.18. The van der Waals surface area contributed by atoms with Crippen LogP contribution < -0.4 is 5.32 Å². The van der Waals surface area contributed by atoms with Crippen molar-refractivity contribution in [1.29, 1.82) is 0 Å². The number of fused-ring (bicyclic) bond motifs is 1. The second-order valence-electron chi connectivity index (χ2n) is 4.38. The summed E-state index contributed by atoms with van der Waals surface area (Å²) in [6.45, 7) is 2.16. The Morgan fingerprint density at radius 1 is 1.21 bits per heavy atom. The molecule has 0 bridgehead atoms. The van der Waals surface area contributed by atoms with E-state index in [0.717, 1.165) is 16.6 Å². The van der Waals surface area contributed by atoms with Gasteiger partial charge in [0.25, 0.3) is 0 Å². The van der Waals surface area contributed by atoms with Crippen molar-refractivity contribution in [3.63, 3.8) is 0 Å². The number of nitrogens with zero attached hydrogens (tertiary/aromatic N) is 1. The van der Waals surface area contributed by atoms with Gasteiger partial charge in [-0.2, -0.15) is 0 Å². The summed E-state index contributed by atoms with van der Waals surface area (Å²) in [6.07, 6.45) is 1.76. The Kier molecular flexibility index (Phi) is 3.40. The largest absolute Gasteiger partial charge is 0.377 e. The second-order valence-corrected chi connectivity index (χ2v) is 5.76. The molecule has 1 aromatic carbocycles. The monoisotopic (exact) mass is 288 g/mol. The molecule has 19 heavy (non-hydrogen) atoms. The number of aromatic nitrogens is 1. The predicted molar refractivity (Wildman–Crippen MR) is 83.1 cm³/mol. The zero-order valence-electron chi connectivity index (χ0n) is 10.4. The van der Waals surface area contributed by atoms with E-state index < -0.39 is 0 Å². The molecule has 2 aromatic heterocycles. The molecule has 0 spiro atoms. The molecule has 2 heterocycles. The fourth-order valence-corrected chi connectivity index (χ4v) is 3.05. The van der Waals surface area contributed by atoms with Crippen LogP contribution in [0.25, 0.3) is 10.9 Å². The van der Waals surface area contributed by atoms with Crippen molar-refractivity contribution in [2.24, 2.45) is 0 Å². The van der Waals surface area contributed by atoms with E-state index in [9.17, 15) is 0 Å². The average molecular weight is 289 g/mol. The highest BCUT2D eigenvalue weighted by molar-refractivity contribution is 7.10. The number of nitrogens with one attached hydrogen (secondary N) is 1. The standard InChI is InChI=1S/C15H13ClN2S/c1-10(14-5-3-9-19-14)18-13-7-6-12(16)15-11(13)4-2-8-17-15/h2-10,18H,1H3. The maximum Gasteiger partial charge on any atom is 0.0908 e. The first-order valence-electron chi connectivity index (χ1n) is 6.09. The lowest BCUT2D eigenvalue weighted by molar-refractivity contribution is 0.910. The van der Waals surface area contributed by atoms with Gasteiger partial charge in [-0.25, -0.2) is 0 Å². The lowest BCUT2D eigenvalue weighted by atomic mass is 10.1. The zero-order chi connectivity index (χ0) is 13.2. The number of benzene rings is 1. The lowest BCUT2D eigenvalue weighted by Crippen LogP contribution is -2.05. The Balaban J connectivity index is 2.00. The highest BCUT2D eigenvalue weighted by Gasteiger charge is 2.10. The number of rotatable bonds is 3. The van der Waals surface area contributed by atoms with Crippen molar-refractivity contribution in [1.82, 2.24) is 4.98 Å². The summed E-state index contributed by atoms with van der Waals surface area (Å²) >= 11 is 7.93. The van der Waals surface area contributed by atoms with Gasteiger partial charge in [-0.05, 0) is 42.6 Å². The van der Waals surface area contributed by atoms with E-state index in [-0.39, 0.29) is 6.04 Å². The van der Waals surface area contributed by atoms with E-state index in [0.29, 0.717) is 5.02 Å². The molecule has 2 nitrogen and oxygen atoms in total. The Hall–Kier alpha value is -1.58. The van der Waals surface area contributed by atoms with E-state index in [4.69, 9.17) is 11.6 Å². The van der Waals surface area contributed by atoms with Crippen LogP contribution >= 0.6 is 22.9 Å². The second kappa shape index (κ2) is 5.19. The van der Waals surface area contributed by atoms with Crippen molar-refractivity contribution < 1.29 is 0 Å². The quantitative estimate of drug-likeness (QED) is 0.723. The van der Waals surface area contributed by atoms with Crippen molar-refractivity contribution >= 4 is 39.5 Å². The fourth-order valence-electron chi connectivity index (χ4n) is 2.11. The smallest absolute Gasteiger partial charge is 0.0908 e. The van der Waals surface area contributed by atoms with Crippen LogP contribution in [0, 0.1) is 0 Å². The van der Waals surface area contributed by atoms with Crippen molar-refractivity contribution in [2.45, 2.75) is 13.0 Å². The van der Waals surface area contributed by atoms with Gasteiger partial charge in [-0.15, -0.1) is 11.3 Å². The number of thiophene rings is 1. The molecule has 0 aliphatic heterocycles. The first-order chi connectivity index (χ1) is 9.25. The van der Waals surface area contributed by atoms with E-state index in [2.05, 4.69) is 34.7 Å². The van der Waals surface area contributed by atoms with Gasteiger partial charge >= 0.3 is 0 Å². The van der Waals surface area contributed by atoms with Crippen LogP contribution in [0.5, 0.6) is 0 Å². The topological polar surface area (TPSA) is 24.9 Å². The van der Waals surface area contributed by atoms with E-state index in [1.807, 2.05) is 24.3 Å². The lowest BCUT2D eigenvalue weighted by Gasteiger charge is -2.16. The molecule has 0 radical (unpaired) electrons. The van der Waals surface area contributed by atoms with Gasteiger partial charge < -0.3 is 5.32 Å². The molecule has 0 aliphatic rings. The van der Waals surface area contributed by atoms with Gasteiger partial charge in [0, 0.05) is 22.1 Å².